The quantitative estimate of drug-likeness (QED) is 0.256. The Morgan fingerprint density at radius 2 is 1.81 bits per heavy atom. The van der Waals surface area contributed by atoms with Gasteiger partial charge in [-0.05, 0) is 36.5 Å². The fourth-order valence-corrected chi connectivity index (χ4v) is 2.76. The number of hydrogen-bond donors (Lipinski definition) is 0. The minimum atomic E-state index is -0.487. The number of nitrogens with zero attached hydrogens (tertiary/aromatic N) is 3. The lowest BCUT2D eigenvalue weighted by atomic mass is 10.0. The van der Waals surface area contributed by atoms with E-state index in [-0.39, 0.29) is 35.0 Å². The lowest BCUT2D eigenvalue weighted by Gasteiger charge is -2.04. The third-order valence-electron chi connectivity index (χ3n) is 4.15. The molecule has 0 aliphatic carbocycles. The van der Waals surface area contributed by atoms with E-state index in [0.717, 1.165) is 16.8 Å². The third-order valence-corrected chi connectivity index (χ3v) is 4.15. The fraction of sp³-hybridized carbons (Fsp3) is 0.150. The van der Waals surface area contributed by atoms with Gasteiger partial charge in [-0.15, -0.1) is 0 Å². The second-order valence-corrected chi connectivity index (χ2v) is 6.16. The van der Waals surface area contributed by atoms with Gasteiger partial charge in [0.2, 0.25) is 5.78 Å². The smallest absolute Gasteiger partial charge is 0.287 e. The van der Waals surface area contributed by atoms with Crippen LogP contribution in [0.1, 0.15) is 21.5 Å². The Labute approximate surface area is 167 Å². The molecule has 1 heterocycles. The largest absolute Gasteiger partial charge is 1.00 e. The van der Waals surface area contributed by atoms with Crippen molar-refractivity contribution in [3.05, 3.63) is 87.9 Å². The molecule has 0 atom stereocenters. The van der Waals surface area contributed by atoms with Crippen LogP contribution in [0.25, 0.3) is 11.3 Å². The normalized spacial score (nSPS) is 10.1. The van der Waals surface area contributed by atoms with Crippen LogP contribution in [0.3, 0.4) is 0 Å². The summed E-state index contributed by atoms with van der Waals surface area (Å²) in [5, 5.41) is 10.7. The van der Waals surface area contributed by atoms with Crippen LogP contribution in [0, 0.1) is 24.0 Å². The van der Waals surface area contributed by atoms with Crippen LogP contribution in [0.4, 0.5) is 5.69 Å². The molecule has 1 aromatic heterocycles. The molecule has 0 aliphatic rings. The van der Waals surface area contributed by atoms with E-state index in [1.165, 1.54) is 29.8 Å². The minimum absolute atomic E-state index is 0. The number of benzene rings is 2. The number of carbonyl (C=O) groups is 1. The number of non-ortho nitro benzene ring substituents is 1. The van der Waals surface area contributed by atoms with Gasteiger partial charge in [0.1, 0.15) is 0 Å². The monoisotopic (exact) mass is 427 g/mol. The third kappa shape index (κ3) is 4.83. The molecule has 138 valence electrons. The molecule has 0 unspecified atom stereocenters. The molecule has 0 spiro atoms. The summed E-state index contributed by atoms with van der Waals surface area (Å²) in [7, 11) is 0. The molecule has 27 heavy (non-hydrogen) atoms. The van der Waals surface area contributed by atoms with E-state index in [1.807, 2.05) is 38.2 Å². The van der Waals surface area contributed by atoms with Crippen molar-refractivity contribution in [1.82, 2.24) is 4.98 Å². The lowest BCUT2D eigenvalue weighted by molar-refractivity contribution is -0.686. The summed E-state index contributed by atoms with van der Waals surface area (Å²) in [4.78, 5) is 27.0. The predicted octanol–water partition coefficient (Wildman–Crippen LogP) is 0.448. The molecule has 3 rings (SSSR count). The van der Waals surface area contributed by atoms with Crippen LogP contribution in [0.2, 0.25) is 0 Å². The van der Waals surface area contributed by atoms with E-state index in [1.54, 1.807) is 10.9 Å². The molecule has 6 nitrogen and oxygen atoms in total. The maximum Gasteiger partial charge on any atom is 0.287 e. The summed E-state index contributed by atoms with van der Waals surface area (Å²) >= 11 is 0. The van der Waals surface area contributed by atoms with Crippen LogP contribution in [0.15, 0.2) is 61.1 Å². The van der Waals surface area contributed by atoms with E-state index in [0.29, 0.717) is 5.56 Å². The first-order valence-corrected chi connectivity index (χ1v) is 8.14. The number of nitro benzene ring substituents is 1. The highest BCUT2D eigenvalue weighted by molar-refractivity contribution is 5.95. The Morgan fingerprint density at radius 1 is 1.11 bits per heavy atom. The number of aromatic nitrogens is 2. The number of hydrogen-bond acceptors (Lipinski definition) is 4. The van der Waals surface area contributed by atoms with Gasteiger partial charge in [-0.2, -0.15) is 0 Å². The van der Waals surface area contributed by atoms with Crippen molar-refractivity contribution in [3.8, 4) is 11.3 Å². The molecule has 0 saturated carbocycles. The van der Waals surface area contributed by atoms with Crippen molar-refractivity contribution in [3.63, 3.8) is 0 Å². The zero-order chi connectivity index (χ0) is 18.7. The molecule has 0 amide bonds. The molecule has 0 aliphatic heterocycles. The topological polar surface area (TPSA) is 77.0 Å². The van der Waals surface area contributed by atoms with Crippen molar-refractivity contribution in [2.45, 2.75) is 20.4 Å². The van der Waals surface area contributed by atoms with E-state index in [2.05, 4.69) is 11.1 Å². The molecule has 3 aromatic rings. The van der Waals surface area contributed by atoms with Gasteiger partial charge in [0.25, 0.3) is 12.0 Å². The molecule has 2 aromatic carbocycles. The second-order valence-electron chi connectivity index (χ2n) is 6.16. The van der Waals surface area contributed by atoms with E-state index in [4.69, 9.17) is 0 Å². The number of Topliss-reactive ketones (excluding diaryl/α,β-unsaturated/α-hetero) is 1. The molecule has 0 saturated heterocycles. The minimum Gasteiger partial charge on any atom is -1.00 e. The van der Waals surface area contributed by atoms with Crippen molar-refractivity contribution >= 4 is 11.5 Å². The summed E-state index contributed by atoms with van der Waals surface area (Å²) in [6, 6.07) is 13.7. The van der Waals surface area contributed by atoms with Crippen molar-refractivity contribution < 1.29 is 31.3 Å². The average molecular weight is 428 g/mol. The van der Waals surface area contributed by atoms with Crippen LogP contribution in [-0.4, -0.2) is 15.7 Å². The molecule has 0 bridgehead atoms. The Kier molecular flexibility index (Phi) is 6.52. The first-order chi connectivity index (χ1) is 12.4. The number of halogens is 1. The molecule has 0 radical (unpaired) electrons. The fourth-order valence-electron chi connectivity index (χ4n) is 2.76. The standard InChI is InChI=1S/C20H18N3O3.BrH/c1-14-3-8-18(15(2)11-14)19-9-10-22(13-21-19)12-20(24)16-4-6-17(7-5-16)23(25)26;/h3-11,13H,12H2,1-2H3;1H/q+1;/p-1. The first-order valence-electron chi connectivity index (χ1n) is 8.14. The summed E-state index contributed by atoms with van der Waals surface area (Å²) < 4.78 is 1.69. The van der Waals surface area contributed by atoms with Gasteiger partial charge in [0.05, 0.1) is 11.1 Å². The van der Waals surface area contributed by atoms with Gasteiger partial charge >= 0.3 is 0 Å². The average Bonchev–Trinajstić information content (AvgIpc) is 2.63. The van der Waals surface area contributed by atoms with Gasteiger partial charge in [0, 0.05) is 29.3 Å². The SMILES string of the molecule is Cc1ccc(-c2cc[n+](CC(=O)c3ccc([N+](=O)[O-])cc3)cn2)c(C)c1.[Br-]. The van der Waals surface area contributed by atoms with Crippen molar-refractivity contribution in [2.24, 2.45) is 0 Å². The second kappa shape index (κ2) is 8.64. The zero-order valence-electron chi connectivity index (χ0n) is 14.9. The van der Waals surface area contributed by atoms with Crippen LogP contribution in [0.5, 0.6) is 0 Å². The van der Waals surface area contributed by atoms with Crippen molar-refractivity contribution in [2.75, 3.05) is 0 Å². The van der Waals surface area contributed by atoms with E-state index >= 15 is 0 Å². The molecule has 7 heteroatoms. The van der Waals surface area contributed by atoms with Gasteiger partial charge in [-0.3, -0.25) is 14.9 Å². The number of aryl methyl sites for hydroxylation is 2. The summed E-state index contributed by atoms with van der Waals surface area (Å²) in [5.74, 6) is -0.133. The van der Waals surface area contributed by atoms with Gasteiger partial charge in [0.15, 0.2) is 12.2 Å². The van der Waals surface area contributed by atoms with Crippen LogP contribution < -0.4 is 21.5 Å². The Hall–Kier alpha value is -2.93. The maximum atomic E-state index is 12.3. The van der Waals surface area contributed by atoms with Crippen LogP contribution in [-0.2, 0) is 6.54 Å². The predicted molar refractivity (Wildman–Crippen MR) is 96.8 cm³/mol. The number of rotatable bonds is 5. The number of carbonyl (C=O) groups excluding carboxylic acids is 1. The Morgan fingerprint density at radius 3 is 2.37 bits per heavy atom. The molecule has 0 N–H and O–H groups in total. The zero-order valence-corrected chi connectivity index (χ0v) is 16.5. The molecular formula is C20H18BrN3O3. The number of nitro groups is 1. The van der Waals surface area contributed by atoms with Crippen LogP contribution >= 0.6 is 0 Å². The first kappa shape index (κ1) is 20.4. The van der Waals surface area contributed by atoms with E-state index < -0.39 is 4.92 Å². The van der Waals surface area contributed by atoms with Crippen molar-refractivity contribution in [1.29, 1.82) is 0 Å². The lowest BCUT2D eigenvalue weighted by Crippen LogP contribution is -3.00. The number of ketones is 1. The highest BCUT2D eigenvalue weighted by Gasteiger charge is 2.14. The molecular weight excluding hydrogens is 410 g/mol. The Balaban J connectivity index is 0.00000261. The maximum absolute atomic E-state index is 12.3. The van der Waals surface area contributed by atoms with Gasteiger partial charge in [-0.25, -0.2) is 4.57 Å². The van der Waals surface area contributed by atoms with Gasteiger partial charge in [-0.1, -0.05) is 23.8 Å². The summed E-state index contributed by atoms with van der Waals surface area (Å²) in [6.45, 7) is 4.22. The van der Waals surface area contributed by atoms with E-state index in [9.17, 15) is 14.9 Å². The summed E-state index contributed by atoms with van der Waals surface area (Å²) in [5.41, 5.74) is 4.66. The highest BCUT2D eigenvalue weighted by atomic mass is 79.9. The van der Waals surface area contributed by atoms with Gasteiger partial charge < -0.3 is 17.0 Å². The Bertz CT molecular complexity index is 971. The molecule has 0 fully saturated rings. The summed E-state index contributed by atoms with van der Waals surface area (Å²) in [6.07, 6.45) is 3.43. The highest BCUT2D eigenvalue weighted by Crippen LogP contribution is 2.21.